The fourth-order valence-corrected chi connectivity index (χ4v) is 2.91. The van der Waals surface area contributed by atoms with Gasteiger partial charge in [-0.05, 0) is 55.8 Å². The largest absolute Gasteiger partial charge is 0.338 e. The van der Waals surface area contributed by atoms with Crippen LogP contribution < -0.4 is 5.32 Å². The number of amides is 2. The summed E-state index contributed by atoms with van der Waals surface area (Å²) < 4.78 is 0.746. The number of hydrogen-bond donors (Lipinski definition) is 1. The Morgan fingerprint density at radius 2 is 1.79 bits per heavy atom. The van der Waals surface area contributed by atoms with Gasteiger partial charge in [0.05, 0.1) is 4.92 Å². The number of benzene rings is 2. The molecule has 0 heterocycles. The Labute approximate surface area is 171 Å². The minimum atomic E-state index is -0.496. The fourth-order valence-electron chi connectivity index (χ4n) is 2.52. The van der Waals surface area contributed by atoms with E-state index >= 15 is 0 Å². The predicted octanol–water partition coefficient (Wildman–Crippen LogP) is 4.00. The number of nitrogens with zero attached hydrogens (tertiary/aromatic N) is 2. The Bertz CT molecular complexity index is 906. The molecule has 0 aliphatic heterocycles. The third-order valence-electron chi connectivity index (χ3n) is 4.03. The summed E-state index contributed by atoms with van der Waals surface area (Å²) in [7, 11) is 0. The van der Waals surface area contributed by atoms with Crippen molar-refractivity contribution >= 4 is 39.5 Å². The van der Waals surface area contributed by atoms with Crippen LogP contribution in [0.1, 0.15) is 29.8 Å². The zero-order valence-electron chi connectivity index (χ0n) is 15.5. The van der Waals surface area contributed by atoms with Gasteiger partial charge in [-0.15, -0.1) is 0 Å². The van der Waals surface area contributed by atoms with E-state index in [2.05, 4.69) is 21.2 Å². The van der Waals surface area contributed by atoms with Crippen LogP contribution in [-0.4, -0.2) is 34.7 Å². The van der Waals surface area contributed by atoms with E-state index in [1.807, 2.05) is 13.8 Å². The van der Waals surface area contributed by atoms with Gasteiger partial charge in [0, 0.05) is 35.3 Å². The van der Waals surface area contributed by atoms with Gasteiger partial charge in [0.1, 0.15) is 5.70 Å². The van der Waals surface area contributed by atoms with Gasteiger partial charge in [0.25, 0.3) is 17.5 Å². The predicted molar refractivity (Wildman–Crippen MR) is 111 cm³/mol. The van der Waals surface area contributed by atoms with Crippen LogP contribution in [0.25, 0.3) is 6.08 Å². The lowest BCUT2D eigenvalue weighted by molar-refractivity contribution is -0.384. The lowest BCUT2D eigenvalue weighted by atomic mass is 10.1. The van der Waals surface area contributed by atoms with Gasteiger partial charge < -0.3 is 10.2 Å². The molecule has 1 N–H and O–H groups in total. The number of halogens is 1. The number of carbonyl (C=O) groups excluding carboxylic acids is 2. The van der Waals surface area contributed by atoms with Crippen molar-refractivity contribution in [3.63, 3.8) is 0 Å². The van der Waals surface area contributed by atoms with Gasteiger partial charge in [-0.1, -0.05) is 22.0 Å². The van der Waals surface area contributed by atoms with Crippen LogP contribution in [0.3, 0.4) is 0 Å². The van der Waals surface area contributed by atoms with E-state index in [0.29, 0.717) is 24.2 Å². The molecular formula is C20H20BrN3O4. The molecule has 0 bridgehead atoms. The molecule has 0 fully saturated rings. The first-order valence-electron chi connectivity index (χ1n) is 8.68. The number of hydrogen-bond acceptors (Lipinski definition) is 4. The number of carbonyl (C=O) groups is 2. The summed E-state index contributed by atoms with van der Waals surface area (Å²) in [5, 5.41) is 13.5. The Kier molecular flexibility index (Phi) is 7.45. The second-order valence-corrected chi connectivity index (χ2v) is 6.76. The second-order valence-electron chi connectivity index (χ2n) is 5.85. The molecule has 0 radical (unpaired) electrons. The van der Waals surface area contributed by atoms with Crippen LogP contribution in [0.4, 0.5) is 5.69 Å². The summed E-state index contributed by atoms with van der Waals surface area (Å²) in [4.78, 5) is 37.4. The molecule has 0 atom stereocenters. The fraction of sp³-hybridized carbons (Fsp3) is 0.200. The number of non-ortho nitro benzene ring substituents is 1. The van der Waals surface area contributed by atoms with E-state index in [9.17, 15) is 19.7 Å². The maximum absolute atomic E-state index is 12.8. The van der Waals surface area contributed by atoms with Crippen LogP contribution in [0.2, 0.25) is 0 Å². The molecule has 2 aromatic rings. The quantitative estimate of drug-likeness (QED) is 0.396. The summed E-state index contributed by atoms with van der Waals surface area (Å²) in [6, 6.07) is 12.6. The normalized spacial score (nSPS) is 11.0. The van der Waals surface area contributed by atoms with Gasteiger partial charge in [-0.2, -0.15) is 0 Å². The molecule has 0 aliphatic carbocycles. The molecule has 0 unspecified atom stereocenters. The highest BCUT2D eigenvalue weighted by Crippen LogP contribution is 2.16. The van der Waals surface area contributed by atoms with Crippen LogP contribution in [0, 0.1) is 10.1 Å². The number of nitro benzene ring substituents is 1. The maximum Gasteiger partial charge on any atom is 0.270 e. The van der Waals surface area contributed by atoms with Gasteiger partial charge >= 0.3 is 0 Å². The average Bonchev–Trinajstić information content (AvgIpc) is 2.68. The third kappa shape index (κ3) is 5.50. The molecule has 0 saturated heterocycles. The van der Waals surface area contributed by atoms with Crippen LogP contribution >= 0.6 is 15.9 Å². The number of nitro groups is 1. The van der Waals surface area contributed by atoms with Gasteiger partial charge in [0.2, 0.25) is 0 Å². The van der Waals surface area contributed by atoms with Crippen molar-refractivity contribution in [2.45, 2.75) is 13.8 Å². The molecule has 28 heavy (non-hydrogen) atoms. The van der Waals surface area contributed by atoms with Crippen molar-refractivity contribution in [2.75, 3.05) is 13.1 Å². The maximum atomic E-state index is 12.8. The zero-order valence-corrected chi connectivity index (χ0v) is 17.1. The first kappa shape index (κ1) is 21.3. The zero-order chi connectivity index (χ0) is 20.7. The minimum absolute atomic E-state index is 0.0491. The molecule has 0 saturated carbocycles. The first-order chi connectivity index (χ1) is 13.3. The smallest absolute Gasteiger partial charge is 0.270 e. The van der Waals surface area contributed by atoms with Crippen molar-refractivity contribution in [1.29, 1.82) is 0 Å². The van der Waals surface area contributed by atoms with Gasteiger partial charge in [0.15, 0.2) is 0 Å². The van der Waals surface area contributed by atoms with Crippen molar-refractivity contribution in [3.05, 3.63) is 79.9 Å². The van der Waals surface area contributed by atoms with Crippen molar-refractivity contribution in [2.24, 2.45) is 0 Å². The van der Waals surface area contributed by atoms with E-state index in [0.717, 1.165) is 4.47 Å². The first-order valence-corrected chi connectivity index (χ1v) is 9.47. The number of rotatable bonds is 7. The van der Waals surface area contributed by atoms with Gasteiger partial charge in [-0.3, -0.25) is 19.7 Å². The number of nitrogens with one attached hydrogen (secondary N) is 1. The van der Waals surface area contributed by atoms with E-state index in [1.54, 1.807) is 29.2 Å². The summed E-state index contributed by atoms with van der Waals surface area (Å²) >= 11 is 3.32. The standard InChI is InChI=1S/C20H20BrN3O4/c1-3-23(4-2)20(26)18(12-14-8-10-17(11-9-14)24(27)28)22-19(25)15-6-5-7-16(21)13-15/h5-13H,3-4H2,1-2H3,(H,22,25)/b18-12-. The molecule has 8 heteroatoms. The highest BCUT2D eigenvalue weighted by molar-refractivity contribution is 9.10. The van der Waals surface area contributed by atoms with Gasteiger partial charge in [-0.25, -0.2) is 0 Å². The van der Waals surface area contributed by atoms with Crippen molar-refractivity contribution < 1.29 is 14.5 Å². The Morgan fingerprint density at radius 1 is 1.14 bits per heavy atom. The summed E-state index contributed by atoms with van der Waals surface area (Å²) in [6.45, 7) is 4.67. The van der Waals surface area contributed by atoms with Crippen molar-refractivity contribution in [1.82, 2.24) is 10.2 Å². The molecule has 2 rings (SSSR count). The van der Waals surface area contributed by atoms with Crippen LogP contribution in [0.5, 0.6) is 0 Å². The van der Waals surface area contributed by atoms with Crippen LogP contribution in [0.15, 0.2) is 58.7 Å². The average molecular weight is 446 g/mol. The van der Waals surface area contributed by atoms with E-state index < -0.39 is 10.8 Å². The van der Waals surface area contributed by atoms with Crippen molar-refractivity contribution in [3.8, 4) is 0 Å². The minimum Gasteiger partial charge on any atom is -0.338 e. The summed E-state index contributed by atoms with van der Waals surface area (Å²) in [5.41, 5.74) is 1.02. The molecule has 7 nitrogen and oxygen atoms in total. The topological polar surface area (TPSA) is 92.6 Å². The van der Waals surface area contributed by atoms with E-state index in [1.165, 1.54) is 30.3 Å². The molecule has 0 aliphatic rings. The van der Waals surface area contributed by atoms with E-state index in [-0.39, 0.29) is 17.3 Å². The summed E-state index contributed by atoms with van der Waals surface area (Å²) in [5.74, 6) is -0.748. The molecule has 2 amide bonds. The number of likely N-dealkylation sites (N-methyl/N-ethyl adjacent to an activating group) is 1. The molecule has 2 aromatic carbocycles. The Morgan fingerprint density at radius 3 is 2.32 bits per heavy atom. The SMILES string of the molecule is CCN(CC)C(=O)/C(=C/c1ccc([N+](=O)[O-])cc1)NC(=O)c1cccc(Br)c1. The summed E-state index contributed by atoms with van der Waals surface area (Å²) in [6.07, 6.45) is 1.51. The lowest BCUT2D eigenvalue weighted by Crippen LogP contribution is -2.38. The highest BCUT2D eigenvalue weighted by Gasteiger charge is 2.19. The third-order valence-corrected chi connectivity index (χ3v) is 4.52. The monoisotopic (exact) mass is 445 g/mol. The lowest BCUT2D eigenvalue weighted by Gasteiger charge is -2.21. The molecular weight excluding hydrogens is 426 g/mol. The second kappa shape index (κ2) is 9.80. The van der Waals surface area contributed by atoms with Crippen LogP contribution in [-0.2, 0) is 4.79 Å². The Balaban J connectivity index is 2.37. The van der Waals surface area contributed by atoms with E-state index in [4.69, 9.17) is 0 Å². The highest BCUT2D eigenvalue weighted by atomic mass is 79.9. The molecule has 146 valence electrons. The Hall–Kier alpha value is -3.00. The molecule has 0 spiro atoms. The molecule has 0 aromatic heterocycles.